The zero-order valence-corrected chi connectivity index (χ0v) is 15.2. The number of carbonyl (C=O) groups excluding carboxylic acids is 2. The van der Waals surface area contributed by atoms with Crippen molar-refractivity contribution in [2.24, 2.45) is 0 Å². The summed E-state index contributed by atoms with van der Waals surface area (Å²) in [5.41, 5.74) is 2.84. The predicted molar refractivity (Wildman–Crippen MR) is 106 cm³/mol. The van der Waals surface area contributed by atoms with Gasteiger partial charge in [-0.2, -0.15) is 0 Å². The second-order valence-corrected chi connectivity index (χ2v) is 6.58. The first-order valence-electron chi connectivity index (χ1n) is 9.08. The third-order valence-corrected chi connectivity index (χ3v) is 4.81. The third kappa shape index (κ3) is 3.85. The average molecular weight is 348 g/mol. The normalized spacial score (nSPS) is 12.1. The third-order valence-electron chi connectivity index (χ3n) is 4.81. The summed E-state index contributed by atoms with van der Waals surface area (Å²) < 4.78 is 1.62. The zero-order chi connectivity index (χ0) is 18.5. The fourth-order valence-corrected chi connectivity index (χ4v) is 3.11. The van der Waals surface area contributed by atoms with Crippen molar-refractivity contribution in [1.82, 2.24) is 4.57 Å². The number of nitrogens with zero attached hydrogens (tertiary/aromatic N) is 1. The van der Waals surface area contributed by atoms with Crippen LogP contribution in [0.15, 0.2) is 60.8 Å². The molecule has 0 bridgehead atoms. The minimum absolute atomic E-state index is 0.0726. The van der Waals surface area contributed by atoms with E-state index in [2.05, 4.69) is 19.2 Å². The number of para-hydroxylation sites is 2. The molecule has 0 aliphatic heterocycles. The van der Waals surface area contributed by atoms with E-state index >= 15 is 0 Å². The molecule has 4 heteroatoms. The smallest absolute Gasteiger partial charge is 0.231 e. The van der Waals surface area contributed by atoms with E-state index in [0.29, 0.717) is 5.92 Å². The van der Waals surface area contributed by atoms with Gasteiger partial charge < -0.3 is 5.32 Å². The molecule has 1 N–H and O–H groups in total. The Hall–Kier alpha value is -2.88. The number of nitrogens with one attached hydrogen (secondary N) is 1. The average Bonchev–Trinajstić information content (AvgIpc) is 3.10. The maximum absolute atomic E-state index is 12.5. The molecule has 0 saturated heterocycles. The first-order chi connectivity index (χ1) is 12.6. The molecule has 3 aromatic rings. The molecule has 1 atom stereocenters. The van der Waals surface area contributed by atoms with Crippen LogP contribution in [0.4, 0.5) is 5.69 Å². The van der Waals surface area contributed by atoms with Gasteiger partial charge in [0.15, 0.2) is 0 Å². The summed E-state index contributed by atoms with van der Waals surface area (Å²) in [6.07, 6.45) is 3.12. The lowest BCUT2D eigenvalue weighted by molar-refractivity contribution is -0.116. The lowest BCUT2D eigenvalue weighted by atomic mass is 9.97. The highest BCUT2D eigenvalue weighted by atomic mass is 16.2. The van der Waals surface area contributed by atoms with Crippen molar-refractivity contribution < 1.29 is 9.59 Å². The molecule has 0 aliphatic carbocycles. The van der Waals surface area contributed by atoms with Gasteiger partial charge in [0.2, 0.25) is 11.8 Å². The van der Waals surface area contributed by atoms with Gasteiger partial charge >= 0.3 is 0 Å². The van der Waals surface area contributed by atoms with Gasteiger partial charge in [-0.15, -0.1) is 0 Å². The van der Waals surface area contributed by atoms with Crippen molar-refractivity contribution in [3.8, 4) is 0 Å². The van der Waals surface area contributed by atoms with Gasteiger partial charge in [0.1, 0.15) is 0 Å². The molecule has 1 heterocycles. The Bertz CT molecular complexity index is 927. The van der Waals surface area contributed by atoms with Crippen molar-refractivity contribution in [2.75, 3.05) is 5.32 Å². The topological polar surface area (TPSA) is 51.1 Å². The number of hydrogen-bond donors (Lipinski definition) is 1. The van der Waals surface area contributed by atoms with Crippen LogP contribution in [-0.2, 0) is 4.79 Å². The highest BCUT2D eigenvalue weighted by molar-refractivity contribution is 5.97. The van der Waals surface area contributed by atoms with Gasteiger partial charge in [0, 0.05) is 30.1 Å². The second-order valence-electron chi connectivity index (χ2n) is 6.58. The van der Waals surface area contributed by atoms with Crippen molar-refractivity contribution >= 4 is 28.4 Å². The van der Waals surface area contributed by atoms with Crippen LogP contribution in [0.3, 0.4) is 0 Å². The van der Waals surface area contributed by atoms with E-state index in [1.807, 2.05) is 54.6 Å². The number of aromatic nitrogens is 1. The largest absolute Gasteiger partial charge is 0.326 e. The maximum Gasteiger partial charge on any atom is 0.231 e. The molecule has 0 fully saturated rings. The van der Waals surface area contributed by atoms with Gasteiger partial charge in [-0.05, 0) is 36.1 Å². The van der Waals surface area contributed by atoms with Gasteiger partial charge in [-0.3, -0.25) is 14.2 Å². The molecule has 0 aliphatic rings. The van der Waals surface area contributed by atoms with Crippen LogP contribution in [0.1, 0.15) is 49.4 Å². The van der Waals surface area contributed by atoms with Crippen LogP contribution >= 0.6 is 0 Å². The quantitative estimate of drug-likeness (QED) is 0.664. The molecule has 3 rings (SSSR count). The highest BCUT2D eigenvalue weighted by Gasteiger charge is 2.14. The second kappa shape index (κ2) is 8.00. The molecule has 1 amide bonds. The molecule has 26 heavy (non-hydrogen) atoms. The lowest BCUT2D eigenvalue weighted by Gasteiger charge is -2.15. The van der Waals surface area contributed by atoms with Crippen LogP contribution in [0.5, 0.6) is 0 Å². The molecule has 1 unspecified atom stereocenters. The molecular formula is C22H24N2O2. The molecule has 0 radical (unpaired) electrons. The lowest BCUT2D eigenvalue weighted by Crippen LogP contribution is -2.17. The summed E-state index contributed by atoms with van der Waals surface area (Å²) in [6, 6.07) is 17.5. The first kappa shape index (κ1) is 17.9. The summed E-state index contributed by atoms with van der Waals surface area (Å²) in [6.45, 7) is 4.27. The molecule has 134 valence electrons. The fourth-order valence-electron chi connectivity index (χ4n) is 3.11. The van der Waals surface area contributed by atoms with Gasteiger partial charge in [-0.25, -0.2) is 0 Å². The van der Waals surface area contributed by atoms with Crippen molar-refractivity contribution in [3.05, 3.63) is 66.4 Å². The van der Waals surface area contributed by atoms with Crippen LogP contribution in [-0.4, -0.2) is 16.4 Å². The maximum atomic E-state index is 12.5. The van der Waals surface area contributed by atoms with Gasteiger partial charge in [-0.1, -0.05) is 50.2 Å². The molecule has 0 spiro atoms. The van der Waals surface area contributed by atoms with E-state index in [9.17, 15) is 9.59 Å². The molecular weight excluding hydrogens is 324 g/mol. The van der Waals surface area contributed by atoms with Crippen molar-refractivity contribution in [1.29, 1.82) is 0 Å². The van der Waals surface area contributed by atoms with E-state index in [1.54, 1.807) is 10.8 Å². The monoisotopic (exact) mass is 348 g/mol. The van der Waals surface area contributed by atoms with E-state index in [1.165, 1.54) is 0 Å². The number of amides is 1. The Balaban J connectivity index is 1.64. The standard InChI is InChI=1S/C22H24N2O2/c1-3-16(2)18-9-5-6-10-19(18)23-21(25)12-13-22(26)24-15-14-17-8-4-7-11-20(17)24/h4-11,14-16H,3,12-13H2,1-2H3,(H,23,25). The number of benzene rings is 2. The van der Waals surface area contributed by atoms with E-state index < -0.39 is 0 Å². The minimum atomic E-state index is -0.134. The molecule has 4 nitrogen and oxygen atoms in total. The highest BCUT2D eigenvalue weighted by Crippen LogP contribution is 2.26. The predicted octanol–water partition coefficient (Wildman–Crippen LogP) is 5.21. The van der Waals surface area contributed by atoms with E-state index in [0.717, 1.165) is 28.6 Å². The van der Waals surface area contributed by atoms with Crippen LogP contribution < -0.4 is 5.32 Å². The summed E-state index contributed by atoms with van der Waals surface area (Å²) in [5, 5.41) is 3.98. The first-order valence-corrected chi connectivity index (χ1v) is 9.08. The molecule has 2 aromatic carbocycles. The van der Waals surface area contributed by atoms with E-state index in [4.69, 9.17) is 0 Å². The molecule has 0 saturated carbocycles. The van der Waals surface area contributed by atoms with Gasteiger partial charge in [0.05, 0.1) is 5.52 Å². The summed E-state index contributed by atoms with van der Waals surface area (Å²) in [7, 11) is 0. The SMILES string of the molecule is CCC(C)c1ccccc1NC(=O)CCC(=O)n1ccc2ccccc21. The van der Waals surface area contributed by atoms with E-state index in [-0.39, 0.29) is 24.7 Å². The summed E-state index contributed by atoms with van der Waals surface area (Å²) in [5.74, 6) is 0.168. The van der Waals surface area contributed by atoms with Crippen molar-refractivity contribution in [2.45, 2.75) is 39.0 Å². The Labute approximate surface area is 153 Å². The van der Waals surface area contributed by atoms with Crippen LogP contribution in [0.25, 0.3) is 10.9 Å². The Kier molecular flexibility index (Phi) is 5.52. The Morgan fingerprint density at radius 3 is 2.54 bits per heavy atom. The number of anilines is 1. The number of rotatable bonds is 6. The van der Waals surface area contributed by atoms with Crippen molar-refractivity contribution in [3.63, 3.8) is 0 Å². The zero-order valence-electron chi connectivity index (χ0n) is 15.2. The van der Waals surface area contributed by atoms with Crippen LogP contribution in [0, 0.1) is 0 Å². The Morgan fingerprint density at radius 2 is 1.73 bits per heavy atom. The fraction of sp³-hybridized carbons (Fsp3) is 0.273. The molecule has 1 aromatic heterocycles. The number of fused-ring (bicyclic) bond motifs is 1. The summed E-state index contributed by atoms with van der Waals surface area (Å²) in [4.78, 5) is 24.8. The number of carbonyl (C=O) groups is 2. The minimum Gasteiger partial charge on any atom is -0.326 e. The number of hydrogen-bond acceptors (Lipinski definition) is 2. The Morgan fingerprint density at radius 1 is 1.00 bits per heavy atom. The van der Waals surface area contributed by atoms with Crippen LogP contribution in [0.2, 0.25) is 0 Å². The van der Waals surface area contributed by atoms with Gasteiger partial charge in [0.25, 0.3) is 0 Å². The summed E-state index contributed by atoms with van der Waals surface area (Å²) >= 11 is 0.